The lowest BCUT2D eigenvalue weighted by Crippen LogP contribution is -2.57. The molecule has 25 heavy (non-hydrogen) atoms. The number of rotatable bonds is 6. The van der Waals surface area contributed by atoms with Gasteiger partial charge in [-0.15, -0.1) is 0 Å². The van der Waals surface area contributed by atoms with Crippen LogP contribution in [0.25, 0.3) is 0 Å². The van der Waals surface area contributed by atoms with Gasteiger partial charge in [0.25, 0.3) is 0 Å². The van der Waals surface area contributed by atoms with Crippen LogP contribution in [0.3, 0.4) is 0 Å². The Balaban J connectivity index is 1.78. The molecule has 0 radical (unpaired) electrons. The summed E-state index contributed by atoms with van der Waals surface area (Å²) in [6, 6.07) is -0.0743. The number of ether oxygens (including phenoxy) is 2. The molecule has 1 unspecified atom stereocenters. The third-order valence-electron chi connectivity index (χ3n) is 4.78. The van der Waals surface area contributed by atoms with E-state index < -0.39 is 0 Å². The Morgan fingerprint density at radius 2 is 1.96 bits per heavy atom. The molecule has 2 aliphatic rings. The summed E-state index contributed by atoms with van der Waals surface area (Å²) < 4.78 is 10.7. The summed E-state index contributed by atoms with van der Waals surface area (Å²) in [5.74, 6) is 0.0546. The molecule has 7 heteroatoms. The van der Waals surface area contributed by atoms with Crippen molar-refractivity contribution in [2.75, 3.05) is 39.4 Å². The van der Waals surface area contributed by atoms with Crippen LogP contribution in [0.2, 0.25) is 0 Å². The van der Waals surface area contributed by atoms with Gasteiger partial charge in [-0.2, -0.15) is 0 Å². The number of nitrogens with one attached hydrogen (secondary N) is 1. The van der Waals surface area contributed by atoms with E-state index in [9.17, 15) is 9.59 Å². The first-order valence-corrected chi connectivity index (χ1v) is 9.59. The Morgan fingerprint density at radius 1 is 1.24 bits per heavy atom. The Hall–Kier alpha value is -1.34. The second kappa shape index (κ2) is 9.97. The Kier molecular flexibility index (Phi) is 7.96. The summed E-state index contributed by atoms with van der Waals surface area (Å²) in [5.41, 5.74) is 0. The molecular formula is C18H33N3O4. The van der Waals surface area contributed by atoms with E-state index >= 15 is 0 Å². The van der Waals surface area contributed by atoms with Crippen LogP contribution in [0.5, 0.6) is 0 Å². The predicted molar refractivity (Wildman–Crippen MR) is 95.4 cm³/mol. The summed E-state index contributed by atoms with van der Waals surface area (Å²) in [5, 5.41) is 3.16. The van der Waals surface area contributed by atoms with E-state index in [4.69, 9.17) is 9.47 Å². The van der Waals surface area contributed by atoms with Gasteiger partial charge in [0.1, 0.15) is 6.04 Å². The summed E-state index contributed by atoms with van der Waals surface area (Å²) in [6.45, 7) is 10.0. The van der Waals surface area contributed by atoms with Gasteiger partial charge in [0.2, 0.25) is 5.91 Å². The van der Waals surface area contributed by atoms with Crippen molar-refractivity contribution in [3.63, 3.8) is 0 Å². The van der Waals surface area contributed by atoms with Crippen molar-refractivity contribution in [1.29, 1.82) is 0 Å². The number of hydrogen-bond acceptors (Lipinski definition) is 5. The predicted octanol–water partition coefficient (Wildman–Crippen LogP) is 1.61. The smallest absolute Gasteiger partial charge is 0.410 e. The summed E-state index contributed by atoms with van der Waals surface area (Å²) in [6.07, 6.45) is 3.39. The molecule has 1 atom stereocenters. The van der Waals surface area contributed by atoms with Crippen LogP contribution in [0.4, 0.5) is 4.79 Å². The molecule has 144 valence electrons. The van der Waals surface area contributed by atoms with Crippen molar-refractivity contribution >= 4 is 12.0 Å². The lowest BCUT2D eigenvalue weighted by atomic mass is 10.0. The van der Waals surface area contributed by atoms with E-state index in [1.165, 1.54) is 0 Å². The van der Waals surface area contributed by atoms with Crippen molar-refractivity contribution in [2.45, 2.75) is 64.6 Å². The minimum Gasteiger partial charge on any atom is -0.447 e. The SMILES string of the molecule is CCCCN1CCOCC1C(=O)NC1CCN(C(=O)OC(C)C)CC1. The quantitative estimate of drug-likeness (QED) is 0.784. The number of hydrogen-bond donors (Lipinski definition) is 1. The Labute approximate surface area is 151 Å². The minimum absolute atomic E-state index is 0.0546. The van der Waals surface area contributed by atoms with Crippen molar-refractivity contribution in [3.8, 4) is 0 Å². The van der Waals surface area contributed by atoms with Gasteiger partial charge in [-0.25, -0.2) is 4.79 Å². The van der Waals surface area contributed by atoms with E-state index in [1.807, 2.05) is 13.8 Å². The number of piperidine rings is 1. The van der Waals surface area contributed by atoms with E-state index in [0.717, 1.165) is 38.8 Å². The van der Waals surface area contributed by atoms with Gasteiger partial charge in [-0.1, -0.05) is 13.3 Å². The van der Waals surface area contributed by atoms with Gasteiger partial charge >= 0.3 is 6.09 Å². The summed E-state index contributed by atoms with van der Waals surface area (Å²) in [7, 11) is 0. The number of unbranched alkanes of at least 4 members (excludes halogenated alkanes) is 1. The van der Waals surface area contributed by atoms with E-state index in [2.05, 4.69) is 17.1 Å². The molecule has 7 nitrogen and oxygen atoms in total. The number of amides is 2. The largest absolute Gasteiger partial charge is 0.447 e. The number of carbonyl (C=O) groups is 2. The van der Waals surface area contributed by atoms with Crippen molar-refractivity contribution in [1.82, 2.24) is 15.1 Å². The first kappa shape index (κ1) is 20.0. The Bertz CT molecular complexity index is 436. The fourth-order valence-electron chi connectivity index (χ4n) is 3.29. The summed E-state index contributed by atoms with van der Waals surface area (Å²) >= 11 is 0. The van der Waals surface area contributed by atoms with Crippen molar-refractivity contribution in [3.05, 3.63) is 0 Å². The van der Waals surface area contributed by atoms with Crippen LogP contribution in [-0.4, -0.2) is 79.4 Å². The average molecular weight is 355 g/mol. The Morgan fingerprint density at radius 3 is 2.60 bits per heavy atom. The van der Waals surface area contributed by atoms with Gasteiger partial charge < -0.3 is 19.7 Å². The van der Waals surface area contributed by atoms with E-state index in [-0.39, 0.29) is 30.2 Å². The highest BCUT2D eigenvalue weighted by molar-refractivity contribution is 5.82. The van der Waals surface area contributed by atoms with Crippen LogP contribution in [-0.2, 0) is 14.3 Å². The van der Waals surface area contributed by atoms with Gasteiger partial charge in [0, 0.05) is 25.7 Å². The molecule has 1 N–H and O–H groups in total. The molecule has 0 bridgehead atoms. The van der Waals surface area contributed by atoms with Crippen molar-refractivity contribution < 1.29 is 19.1 Å². The molecule has 0 spiro atoms. The number of likely N-dealkylation sites (tertiary alicyclic amines) is 1. The summed E-state index contributed by atoms with van der Waals surface area (Å²) in [4.78, 5) is 28.5. The van der Waals surface area contributed by atoms with Gasteiger partial charge in [-0.05, 0) is 39.7 Å². The fraction of sp³-hybridized carbons (Fsp3) is 0.889. The average Bonchev–Trinajstić information content (AvgIpc) is 2.60. The molecule has 0 saturated carbocycles. The highest BCUT2D eigenvalue weighted by atomic mass is 16.6. The molecule has 2 amide bonds. The van der Waals surface area contributed by atoms with E-state index in [0.29, 0.717) is 26.3 Å². The standard InChI is InChI=1S/C18H33N3O4/c1-4-5-8-20-11-12-24-13-16(20)17(22)19-15-6-9-21(10-7-15)18(23)25-14(2)3/h14-16H,4-13H2,1-3H3,(H,19,22). The van der Waals surface area contributed by atoms with Gasteiger partial charge in [0.05, 0.1) is 19.3 Å². The molecule has 0 aromatic carbocycles. The monoisotopic (exact) mass is 355 g/mol. The molecule has 0 aromatic heterocycles. The van der Waals surface area contributed by atoms with Gasteiger partial charge in [-0.3, -0.25) is 9.69 Å². The fourth-order valence-corrected chi connectivity index (χ4v) is 3.29. The first-order chi connectivity index (χ1) is 12.0. The lowest BCUT2D eigenvalue weighted by Gasteiger charge is -2.37. The maximum atomic E-state index is 12.7. The van der Waals surface area contributed by atoms with Crippen LogP contribution < -0.4 is 5.32 Å². The first-order valence-electron chi connectivity index (χ1n) is 9.59. The third-order valence-corrected chi connectivity index (χ3v) is 4.78. The normalized spacial score (nSPS) is 22.9. The zero-order valence-electron chi connectivity index (χ0n) is 15.8. The second-order valence-electron chi connectivity index (χ2n) is 7.18. The number of morpholine rings is 1. The molecule has 2 heterocycles. The molecular weight excluding hydrogens is 322 g/mol. The number of carbonyl (C=O) groups excluding carboxylic acids is 2. The van der Waals surface area contributed by atoms with E-state index in [1.54, 1.807) is 4.90 Å². The topological polar surface area (TPSA) is 71.1 Å². The van der Waals surface area contributed by atoms with Crippen LogP contribution in [0, 0.1) is 0 Å². The van der Waals surface area contributed by atoms with Gasteiger partial charge in [0.15, 0.2) is 0 Å². The third kappa shape index (κ3) is 6.15. The second-order valence-corrected chi connectivity index (χ2v) is 7.18. The molecule has 2 aliphatic heterocycles. The highest BCUT2D eigenvalue weighted by Crippen LogP contribution is 2.14. The van der Waals surface area contributed by atoms with Crippen LogP contribution in [0.15, 0.2) is 0 Å². The highest BCUT2D eigenvalue weighted by Gasteiger charge is 2.32. The molecule has 2 fully saturated rings. The van der Waals surface area contributed by atoms with Crippen LogP contribution in [0.1, 0.15) is 46.5 Å². The maximum absolute atomic E-state index is 12.7. The zero-order chi connectivity index (χ0) is 18.2. The van der Waals surface area contributed by atoms with Crippen molar-refractivity contribution in [2.24, 2.45) is 0 Å². The minimum atomic E-state index is -0.258. The number of nitrogens with zero attached hydrogens (tertiary/aromatic N) is 2. The molecule has 2 rings (SSSR count). The lowest BCUT2D eigenvalue weighted by molar-refractivity contribution is -0.133. The maximum Gasteiger partial charge on any atom is 0.410 e. The molecule has 0 aliphatic carbocycles. The molecule has 0 aromatic rings. The van der Waals surface area contributed by atoms with Crippen LogP contribution >= 0.6 is 0 Å². The molecule has 2 saturated heterocycles. The zero-order valence-corrected chi connectivity index (χ0v) is 15.8.